The van der Waals surface area contributed by atoms with Gasteiger partial charge in [-0.15, -0.1) is 0 Å². The maximum absolute atomic E-state index is 5.88. The summed E-state index contributed by atoms with van der Waals surface area (Å²) < 4.78 is 2.01. The van der Waals surface area contributed by atoms with Gasteiger partial charge in [-0.2, -0.15) is 0 Å². The summed E-state index contributed by atoms with van der Waals surface area (Å²) >= 11 is 0. The molecule has 0 radical (unpaired) electrons. The Balaban J connectivity index is 2.43. The third kappa shape index (κ3) is 1.81. The number of anilines is 1. The van der Waals surface area contributed by atoms with Gasteiger partial charge >= 0.3 is 0 Å². The molecule has 2 rings (SSSR count). The van der Waals surface area contributed by atoms with Crippen molar-refractivity contribution in [3.05, 3.63) is 47.3 Å². The van der Waals surface area contributed by atoms with Crippen LogP contribution >= 0.6 is 0 Å². The minimum absolute atomic E-state index is 0.224. The van der Waals surface area contributed by atoms with Crippen LogP contribution < -0.4 is 5.73 Å². The quantitative estimate of drug-likeness (QED) is 0.837. The van der Waals surface area contributed by atoms with Crippen LogP contribution in [0.15, 0.2) is 30.5 Å². The fourth-order valence-electron chi connectivity index (χ4n) is 2.05. The summed E-state index contributed by atoms with van der Waals surface area (Å²) in [5, 5.41) is 0. The van der Waals surface area contributed by atoms with Gasteiger partial charge in [0.2, 0.25) is 5.95 Å². The number of rotatable bonds is 2. The van der Waals surface area contributed by atoms with Crippen LogP contribution in [0.5, 0.6) is 0 Å². The van der Waals surface area contributed by atoms with E-state index in [-0.39, 0.29) is 6.04 Å². The van der Waals surface area contributed by atoms with Crippen LogP contribution in [0.4, 0.5) is 5.95 Å². The normalized spacial score (nSPS) is 12.7. The van der Waals surface area contributed by atoms with E-state index in [0.29, 0.717) is 5.95 Å². The Kier molecular flexibility index (Phi) is 2.69. The lowest BCUT2D eigenvalue weighted by Crippen LogP contribution is -2.10. The second-order valence-electron chi connectivity index (χ2n) is 4.18. The minimum Gasteiger partial charge on any atom is -0.369 e. The first-order chi connectivity index (χ1) is 7.59. The highest BCUT2D eigenvalue weighted by Gasteiger charge is 2.12. The first-order valence-corrected chi connectivity index (χ1v) is 5.46. The van der Waals surface area contributed by atoms with Crippen LogP contribution in [0.1, 0.15) is 29.8 Å². The highest BCUT2D eigenvalue weighted by atomic mass is 15.2. The number of nitrogens with zero attached hydrogens (tertiary/aromatic N) is 2. The van der Waals surface area contributed by atoms with Crippen molar-refractivity contribution in [3.63, 3.8) is 0 Å². The Morgan fingerprint density at radius 2 is 1.94 bits per heavy atom. The van der Waals surface area contributed by atoms with Crippen LogP contribution in [-0.4, -0.2) is 9.55 Å². The van der Waals surface area contributed by atoms with Gasteiger partial charge in [0.15, 0.2) is 0 Å². The summed E-state index contributed by atoms with van der Waals surface area (Å²) in [6.07, 6.45) is 1.99. The lowest BCUT2D eigenvalue weighted by Gasteiger charge is -2.17. The third-order valence-corrected chi connectivity index (χ3v) is 2.94. The Morgan fingerprint density at radius 1 is 1.25 bits per heavy atom. The predicted octanol–water partition coefficient (Wildman–Crippen LogP) is 2.69. The molecule has 16 heavy (non-hydrogen) atoms. The van der Waals surface area contributed by atoms with Gasteiger partial charge in [0.1, 0.15) is 0 Å². The first-order valence-electron chi connectivity index (χ1n) is 5.46. The van der Waals surface area contributed by atoms with E-state index in [4.69, 9.17) is 5.73 Å². The molecule has 0 aliphatic heterocycles. The van der Waals surface area contributed by atoms with Crippen molar-refractivity contribution in [1.29, 1.82) is 0 Å². The Morgan fingerprint density at radius 3 is 2.50 bits per heavy atom. The van der Waals surface area contributed by atoms with Crippen molar-refractivity contribution in [3.8, 4) is 0 Å². The van der Waals surface area contributed by atoms with E-state index < -0.39 is 0 Å². The molecule has 0 fully saturated rings. The van der Waals surface area contributed by atoms with E-state index in [1.165, 1.54) is 11.1 Å². The van der Waals surface area contributed by atoms with E-state index in [0.717, 1.165) is 5.69 Å². The number of hydrogen-bond acceptors (Lipinski definition) is 2. The summed E-state index contributed by atoms with van der Waals surface area (Å²) in [6.45, 7) is 6.21. The zero-order valence-corrected chi connectivity index (χ0v) is 9.94. The summed E-state index contributed by atoms with van der Waals surface area (Å²) in [7, 11) is 0. The molecule has 3 nitrogen and oxygen atoms in total. The van der Waals surface area contributed by atoms with Gasteiger partial charge in [0.05, 0.1) is 11.7 Å². The molecule has 3 heteroatoms. The Bertz CT molecular complexity index is 500. The van der Waals surface area contributed by atoms with Crippen molar-refractivity contribution >= 4 is 5.95 Å². The van der Waals surface area contributed by atoms with Crippen LogP contribution in [0.25, 0.3) is 0 Å². The lowest BCUT2D eigenvalue weighted by atomic mass is 10.0. The molecule has 0 aliphatic rings. The van der Waals surface area contributed by atoms with Crippen molar-refractivity contribution in [2.24, 2.45) is 0 Å². The van der Waals surface area contributed by atoms with E-state index in [1.54, 1.807) is 0 Å². The second kappa shape index (κ2) is 4.00. The fraction of sp³-hybridized carbons (Fsp3) is 0.308. The Hall–Kier alpha value is -1.77. The van der Waals surface area contributed by atoms with Crippen LogP contribution in [0.3, 0.4) is 0 Å². The van der Waals surface area contributed by atoms with E-state index in [9.17, 15) is 0 Å². The maximum Gasteiger partial charge on any atom is 0.200 e. The zero-order valence-electron chi connectivity index (χ0n) is 9.94. The SMILES string of the molecule is Cc1cn(C(C)c2ccccc2C)c(N)n1. The molecule has 1 atom stereocenters. The van der Waals surface area contributed by atoms with Gasteiger partial charge in [0, 0.05) is 6.20 Å². The molecule has 0 bridgehead atoms. The molecule has 0 aliphatic carbocycles. The predicted molar refractivity (Wildman–Crippen MR) is 66.4 cm³/mol. The summed E-state index contributed by atoms with van der Waals surface area (Å²) in [5.74, 6) is 0.577. The number of nitrogen functional groups attached to an aromatic ring is 1. The van der Waals surface area contributed by atoms with Crippen molar-refractivity contribution < 1.29 is 0 Å². The van der Waals surface area contributed by atoms with Gasteiger partial charge in [-0.1, -0.05) is 24.3 Å². The van der Waals surface area contributed by atoms with Gasteiger partial charge < -0.3 is 10.3 Å². The molecule has 84 valence electrons. The molecule has 0 amide bonds. The number of hydrogen-bond donors (Lipinski definition) is 1. The standard InChI is InChI=1S/C13H17N3/c1-9-6-4-5-7-12(9)11(3)16-8-10(2)15-13(16)14/h4-8,11H,1-3H3,(H2,14,15). The zero-order chi connectivity index (χ0) is 11.7. The van der Waals surface area contributed by atoms with E-state index in [2.05, 4.69) is 37.0 Å². The van der Waals surface area contributed by atoms with Crippen molar-refractivity contribution in [1.82, 2.24) is 9.55 Å². The summed E-state index contributed by atoms with van der Waals surface area (Å²) in [5.41, 5.74) is 9.40. The molecule has 2 aromatic rings. The smallest absolute Gasteiger partial charge is 0.200 e. The van der Waals surface area contributed by atoms with Crippen LogP contribution in [-0.2, 0) is 0 Å². The average Bonchev–Trinajstić information content (AvgIpc) is 2.58. The highest BCUT2D eigenvalue weighted by molar-refractivity contribution is 5.32. The summed E-state index contributed by atoms with van der Waals surface area (Å²) in [6, 6.07) is 8.58. The largest absolute Gasteiger partial charge is 0.369 e. The number of aromatic nitrogens is 2. The van der Waals surface area contributed by atoms with E-state index in [1.807, 2.05) is 23.8 Å². The van der Waals surface area contributed by atoms with Crippen LogP contribution in [0.2, 0.25) is 0 Å². The molecule has 0 saturated heterocycles. The fourth-order valence-corrected chi connectivity index (χ4v) is 2.05. The van der Waals surface area contributed by atoms with Crippen molar-refractivity contribution in [2.45, 2.75) is 26.8 Å². The lowest BCUT2D eigenvalue weighted by molar-refractivity contribution is 0.644. The number of nitrogens with two attached hydrogens (primary N) is 1. The molecule has 2 N–H and O–H groups in total. The molecule has 0 saturated carbocycles. The topological polar surface area (TPSA) is 43.8 Å². The molecule has 1 aromatic heterocycles. The van der Waals surface area contributed by atoms with Gasteiger partial charge in [-0.25, -0.2) is 4.98 Å². The monoisotopic (exact) mass is 215 g/mol. The maximum atomic E-state index is 5.88. The van der Waals surface area contributed by atoms with E-state index >= 15 is 0 Å². The molecule has 1 aromatic carbocycles. The van der Waals surface area contributed by atoms with Gasteiger partial charge in [-0.3, -0.25) is 0 Å². The third-order valence-electron chi connectivity index (χ3n) is 2.94. The number of aryl methyl sites for hydroxylation is 2. The first kappa shape index (κ1) is 10.7. The summed E-state index contributed by atoms with van der Waals surface area (Å²) in [4.78, 5) is 4.23. The van der Waals surface area contributed by atoms with Crippen LogP contribution in [0, 0.1) is 13.8 Å². The molecular formula is C13H17N3. The molecule has 1 unspecified atom stereocenters. The second-order valence-corrected chi connectivity index (χ2v) is 4.18. The highest BCUT2D eigenvalue weighted by Crippen LogP contribution is 2.23. The molecule has 0 spiro atoms. The Labute approximate surface area is 95.9 Å². The van der Waals surface area contributed by atoms with Gasteiger partial charge in [0.25, 0.3) is 0 Å². The number of imidazole rings is 1. The average molecular weight is 215 g/mol. The van der Waals surface area contributed by atoms with Crippen molar-refractivity contribution in [2.75, 3.05) is 5.73 Å². The molecule has 1 heterocycles. The minimum atomic E-state index is 0.224. The van der Waals surface area contributed by atoms with Gasteiger partial charge in [-0.05, 0) is 31.9 Å². The number of benzene rings is 1. The molecular weight excluding hydrogens is 198 g/mol.